The molecule has 2 unspecified atom stereocenters. The molecule has 2 aromatic rings. The fraction of sp³-hybridized carbons (Fsp3) is 0.368. The van der Waals surface area contributed by atoms with Crippen molar-refractivity contribution in [2.45, 2.75) is 46.2 Å². The van der Waals surface area contributed by atoms with Crippen molar-refractivity contribution in [1.82, 2.24) is 5.32 Å². The third kappa shape index (κ3) is 4.09. The van der Waals surface area contributed by atoms with Crippen LogP contribution < -0.4 is 5.32 Å². The van der Waals surface area contributed by atoms with Crippen molar-refractivity contribution in [3.8, 4) is 0 Å². The van der Waals surface area contributed by atoms with Crippen LogP contribution in [0.2, 0.25) is 5.02 Å². The molecule has 1 N–H and O–H groups in total. The molecule has 0 spiro atoms. The smallest absolute Gasteiger partial charge is 0.0406 e. The SMILES string of the molecule is CCC(NC(C)c1ccc(C)c(C)c1)c1ccc(Cl)cc1. The van der Waals surface area contributed by atoms with E-state index in [9.17, 15) is 0 Å². The highest BCUT2D eigenvalue weighted by molar-refractivity contribution is 6.30. The topological polar surface area (TPSA) is 12.0 Å². The lowest BCUT2D eigenvalue weighted by Crippen LogP contribution is -2.24. The molecule has 0 radical (unpaired) electrons. The molecule has 0 heterocycles. The predicted molar refractivity (Wildman–Crippen MR) is 92.0 cm³/mol. The zero-order chi connectivity index (χ0) is 15.4. The van der Waals surface area contributed by atoms with Gasteiger partial charge in [-0.1, -0.05) is 48.9 Å². The van der Waals surface area contributed by atoms with Gasteiger partial charge in [-0.05, 0) is 61.6 Å². The number of aryl methyl sites for hydroxylation is 2. The van der Waals surface area contributed by atoms with Crippen LogP contribution >= 0.6 is 11.6 Å². The summed E-state index contributed by atoms with van der Waals surface area (Å²) in [6.07, 6.45) is 1.05. The van der Waals surface area contributed by atoms with Gasteiger partial charge in [-0.25, -0.2) is 0 Å². The van der Waals surface area contributed by atoms with E-state index >= 15 is 0 Å². The number of nitrogens with one attached hydrogen (secondary N) is 1. The largest absolute Gasteiger partial charge is 0.303 e. The van der Waals surface area contributed by atoms with E-state index in [1.807, 2.05) is 12.1 Å². The monoisotopic (exact) mass is 301 g/mol. The lowest BCUT2D eigenvalue weighted by molar-refractivity contribution is 0.456. The summed E-state index contributed by atoms with van der Waals surface area (Å²) in [6, 6.07) is 15.5. The van der Waals surface area contributed by atoms with Gasteiger partial charge >= 0.3 is 0 Å². The Labute approximate surface area is 133 Å². The van der Waals surface area contributed by atoms with Gasteiger partial charge < -0.3 is 5.32 Å². The van der Waals surface area contributed by atoms with Crippen molar-refractivity contribution in [3.05, 3.63) is 69.7 Å². The molecule has 2 rings (SSSR count). The Morgan fingerprint density at radius 3 is 2.14 bits per heavy atom. The van der Waals surface area contributed by atoms with E-state index in [0.29, 0.717) is 12.1 Å². The number of hydrogen-bond acceptors (Lipinski definition) is 1. The van der Waals surface area contributed by atoms with Crippen molar-refractivity contribution < 1.29 is 0 Å². The van der Waals surface area contributed by atoms with E-state index in [1.54, 1.807) is 0 Å². The number of benzene rings is 2. The van der Waals surface area contributed by atoms with E-state index < -0.39 is 0 Å². The maximum atomic E-state index is 5.97. The lowest BCUT2D eigenvalue weighted by Gasteiger charge is -2.23. The van der Waals surface area contributed by atoms with E-state index in [-0.39, 0.29) is 0 Å². The van der Waals surface area contributed by atoms with Crippen LogP contribution in [0.5, 0.6) is 0 Å². The molecular weight excluding hydrogens is 278 g/mol. The number of rotatable bonds is 5. The van der Waals surface area contributed by atoms with Crippen LogP contribution in [0.3, 0.4) is 0 Å². The molecule has 21 heavy (non-hydrogen) atoms. The molecule has 2 atom stereocenters. The molecule has 112 valence electrons. The van der Waals surface area contributed by atoms with Crippen molar-refractivity contribution in [3.63, 3.8) is 0 Å². The van der Waals surface area contributed by atoms with E-state index in [4.69, 9.17) is 11.6 Å². The maximum absolute atomic E-state index is 5.97. The molecule has 2 heteroatoms. The first-order valence-electron chi connectivity index (χ1n) is 7.60. The standard InChI is InChI=1S/C19H24ClN/c1-5-19(16-8-10-18(20)11-9-16)21-15(4)17-7-6-13(2)14(3)12-17/h6-12,15,19,21H,5H2,1-4H3. The molecule has 0 aromatic heterocycles. The minimum atomic E-state index is 0.324. The van der Waals surface area contributed by atoms with Crippen LogP contribution in [-0.2, 0) is 0 Å². The highest BCUT2D eigenvalue weighted by Gasteiger charge is 2.14. The quantitative estimate of drug-likeness (QED) is 0.740. The predicted octanol–water partition coefficient (Wildman–Crippen LogP) is 5.76. The average molecular weight is 302 g/mol. The van der Waals surface area contributed by atoms with Gasteiger partial charge in [-0.3, -0.25) is 0 Å². The van der Waals surface area contributed by atoms with Crippen LogP contribution in [0.25, 0.3) is 0 Å². The average Bonchev–Trinajstić information content (AvgIpc) is 2.48. The molecule has 1 nitrogen and oxygen atoms in total. The molecular formula is C19H24ClN. The number of halogens is 1. The Morgan fingerprint density at radius 2 is 1.57 bits per heavy atom. The molecule has 0 aliphatic carbocycles. The second-order valence-corrected chi connectivity index (χ2v) is 6.18. The van der Waals surface area contributed by atoms with Gasteiger partial charge in [0.2, 0.25) is 0 Å². The molecule has 2 aromatic carbocycles. The molecule has 0 aliphatic heterocycles. The van der Waals surface area contributed by atoms with Gasteiger partial charge in [0, 0.05) is 17.1 Å². The fourth-order valence-electron chi connectivity index (χ4n) is 2.58. The normalized spacial score (nSPS) is 14.0. The fourth-order valence-corrected chi connectivity index (χ4v) is 2.70. The second-order valence-electron chi connectivity index (χ2n) is 5.74. The van der Waals surface area contributed by atoms with Crippen LogP contribution in [0.1, 0.15) is 54.6 Å². The first-order valence-corrected chi connectivity index (χ1v) is 7.97. The van der Waals surface area contributed by atoms with Crippen LogP contribution in [0.4, 0.5) is 0 Å². The van der Waals surface area contributed by atoms with Gasteiger partial charge in [0.25, 0.3) is 0 Å². The van der Waals surface area contributed by atoms with Crippen molar-refractivity contribution in [2.75, 3.05) is 0 Å². The Kier molecular flexibility index (Phi) is 5.44. The third-order valence-electron chi connectivity index (χ3n) is 4.16. The molecule has 0 saturated heterocycles. The third-order valence-corrected chi connectivity index (χ3v) is 4.41. The van der Waals surface area contributed by atoms with E-state index in [0.717, 1.165) is 11.4 Å². The number of hydrogen-bond donors (Lipinski definition) is 1. The van der Waals surface area contributed by atoms with Gasteiger partial charge in [0.1, 0.15) is 0 Å². The maximum Gasteiger partial charge on any atom is 0.0406 e. The summed E-state index contributed by atoms with van der Waals surface area (Å²) in [5.74, 6) is 0. The Morgan fingerprint density at radius 1 is 0.952 bits per heavy atom. The molecule has 0 amide bonds. The first kappa shape index (κ1) is 16.1. The van der Waals surface area contributed by atoms with Crippen molar-refractivity contribution >= 4 is 11.6 Å². The second kappa shape index (κ2) is 7.11. The van der Waals surface area contributed by atoms with Crippen molar-refractivity contribution in [2.24, 2.45) is 0 Å². The van der Waals surface area contributed by atoms with Crippen LogP contribution in [-0.4, -0.2) is 0 Å². The summed E-state index contributed by atoms with van der Waals surface area (Å²) in [6.45, 7) is 8.75. The zero-order valence-corrected chi connectivity index (χ0v) is 14.0. The van der Waals surface area contributed by atoms with Crippen LogP contribution in [0, 0.1) is 13.8 Å². The zero-order valence-electron chi connectivity index (χ0n) is 13.3. The summed E-state index contributed by atoms with van der Waals surface area (Å²) in [5.41, 5.74) is 5.32. The minimum Gasteiger partial charge on any atom is -0.303 e. The summed E-state index contributed by atoms with van der Waals surface area (Å²) in [7, 11) is 0. The summed E-state index contributed by atoms with van der Waals surface area (Å²) >= 11 is 5.97. The summed E-state index contributed by atoms with van der Waals surface area (Å²) < 4.78 is 0. The van der Waals surface area contributed by atoms with Crippen LogP contribution in [0.15, 0.2) is 42.5 Å². The van der Waals surface area contributed by atoms with Gasteiger partial charge in [-0.2, -0.15) is 0 Å². The first-order chi connectivity index (χ1) is 10.0. The van der Waals surface area contributed by atoms with E-state index in [2.05, 4.69) is 63.3 Å². The van der Waals surface area contributed by atoms with E-state index in [1.165, 1.54) is 22.3 Å². The molecule has 0 bridgehead atoms. The van der Waals surface area contributed by atoms with Gasteiger partial charge in [0.05, 0.1) is 0 Å². The molecule has 0 fully saturated rings. The Bertz CT molecular complexity index is 589. The highest BCUT2D eigenvalue weighted by atomic mass is 35.5. The van der Waals surface area contributed by atoms with Crippen molar-refractivity contribution in [1.29, 1.82) is 0 Å². The lowest BCUT2D eigenvalue weighted by atomic mass is 9.99. The minimum absolute atomic E-state index is 0.324. The molecule has 0 saturated carbocycles. The highest BCUT2D eigenvalue weighted by Crippen LogP contribution is 2.24. The summed E-state index contributed by atoms with van der Waals surface area (Å²) in [4.78, 5) is 0. The van der Waals surface area contributed by atoms with Gasteiger partial charge in [-0.15, -0.1) is 0 Å². The Hall–Kier alpha value is -1.31. The summed E-state index contributed by atoms with van der Waals surface area (Å²) in [5, 5.41) is 4.51. The van der Waals surface area contributed by atoms with Gasteiger partial charge in [0.15, 0.2) is 0 Å². The molecule has 0 aliphatic rings. The Balaban J connectivity index is 2.13.